The number of carbonyl (C=O) groups excluding carboxylic acids is 2. The maximum atomic E-state index is 13.6. The van der Waals surface area contributed by atoms with E-state index in [1.807, 2.05) is 0 Å². The molecule has 0 fully saturated rings. The van der Waals surface area contributed by atoms with Gasteiger partial charge in [-0.05, 0) is 32.0 Å². The van der Waals surface area contributed by atoms with Crippen molar-refractivity contribution < 1.29 is 14.0 Å². The molecule has 0 aliphatic rings. The van der Waals surface area contributed by atoms with Crippen molar-refractivity contribution in [1.29, 1.82) is 0 Å². The van der Waals surface area contributed by atoms with Crippen molar-refractivity contribution in [2.24, 2.45) is 11.1 Å². The molecule has 0 spiro atoms. The van der Waals surface area contributed by atoms with Gasteiger partial charge in [0.15, 0.2) is 0 Å². The molecule has 0 aliphatic carbocycles. The molecule has 0 aromatic heterocycles. The second kappa shape index (κ2) is 5.79. The van der Waals surface area contributed by atoms with Crippen LogP contribution in [0.3, 0.4) is 0 Å². The second-order valence-corrected chi connectivity index (χ2v) is 4.92. The van der Waals surface area contributed by atoms with E-state index in [0.29, 0.717) is 5.69 Å². The normalized spacial score (nSPS) is 11.0. The topological polar surface area (TPSA) is 84.2 Å². The van der Waals surface area contributed by atoms with Crippen molar-refractivity contribution >= 4 is 23.2 Å². The lowest BCUT2D eigenvalue weighted by atomic mass is 9.92. The molecule has 5 nitrogen and oxygen atoms in total. The second-order valence-electron chi connectivity index (χ2n) is 4.92. The first-order valence-electron chi connectivity index (χ1n) is 5.85. The minimum atomic E-state index is -0.795. The summed E-state index contributed by atoms with van der Waals surface area (Å²) in [6.07, 6.45) is 0. The van der Waals surface area contributed by atoms with E-state index in [9.17, 15) is 14.0 Å². The zero-order chi connectivity index (χ0) is 14.6. The van der Waals surface area contributed by atoms with Crippen LogP contribution in [0.25, 0.3) is 0 Å². The predicted octanol–water partition coefficient (Wildman–Crippen LogP) is 1.71. The number of hydrogen-bond donors (Lipinski definition) is 3. The first-order chi connectivity index (χ1) is 8.76. The van der Waals surface area contributed by atoms with Gasteiger partial charge in [0.05, 0.1) is 11.1 Å². The van der Waals surface area contributed by atoms with Gasteiger partial charge < -0.3 is 16.4 Å². The highest BCUT2D eigenvalue weighted by atomic mass is 19.1. The Hall–Kier alpha value is -1.95. The number of hydrogen-bond acceptors (Lipinski definition) is 3. The van der Waals surface area contributed by atoms with Crippen LogP contribution in [0.4, 0.5) is 15.8 Å². The van der Waals surface area contributed by atoms with Gasteiger partial charge in [-0.25, -0.2) is 4.39 Å². The average Bonchev–Trinajstić information content (AvgIpc) is 2.32. The fourth-order valence-corrected chi connectivity index (χ4v) is 1.29. The molecule has 1 aromatic carbocycles. The summed E-state index contributed by atoms with van der Waals surface area (Å²) in [5, 5.41) is 4.99. The number of rotatable bonds is 4. The Labute approximate surface area is 111 Å². The number of anilines is 2. The molecule has 0 saturated heterocycles. The summed E-state index contributed by atoms with van der Waals surface area (Å²) in [6.45, 7) is 4.82. The van der Waals surface area contributed by atoms with Gasteiger partial charge in [-0.3, -0.25) is 9.59 Å². The van der Waals surface area contributed by atoms with Crippen LogP contribution in [0.5, 0.6) is 0 Å². The summed E-state index contributed by atoms with van der Waals surface area (Å²) in [6, 6.07) is 3.96. The lowest BCUT2D eigenvalue weighted by molar-refractivity contribution is -0.123. The Morgan fingerprint density at radius 3 is 2.47 bits per heavy atom. The van der Waals surface area contributed by atoms with Gasteiger partial charge in [0.25, 0.3) is 0 Å². The zero-order valence-corrected chi connectivity index (χ0v) is 11.2. The summed E-state index contributed by atoms with van der Waals surface area (Å²) >= 11 is 0. The molecule has 6 heteroatoms. The molecule has 1 aromatic rings. The standard InChI is InChI=1S/C13H18FN3O2/c1-8(18)16-9-4-5-10(14)11(6-9)17-12(19)13(2,3)7-15/h4-6H,7,15H2,1-3H3,(H,16,18)(H,17,19). The third-order valence-corrected chi connectivity index (χ3v) is 2.66. The molecule has 0 aliphatic heterocycles. The molecule has 0 unspecified atom stereocenters. The molecule has 19 heavy (non-hydrogen) atoms. The Morgan fingerprint density at radius 1 is 1.32 bits per heavy atom. The van der Waals surface area contributed by atoms with Crippen LogP contribution in [0, 0.1) is 11.2 Å². The molecule has 0 atom stereocenters. The van der Waals surface area contributed by atoms with Gasteiger partial charge in [-0.15, -0.1) is 0 Å². The molecule has 104 valence electrons. The smallest absolute Gasteiger partial charge is 0.231 e. The number of nitrogens with two attached hydrogens (primary N) is 1. The van der Waals surface area contributed by atoms with Gasteiger partial charge in [0, 0.05) is 19.2 Å². The Morgan fingerprint density at radius 2 is 1.95 bits per heavy atom. The van der Waals surface area contributed by atoms with Crippen molar-refractivity contribution in [2.45, 2.75) is 20.8 Å². The monoisotopic (exact) mass is 267 g/mol. The molecular weight excluding hydrogens is 249 g/mol. The molecular formula is C13H18FN3O2. The van der Waals surface area contributed by atoms with E-state index in [0.717, 1.165) is 0 Å². The SMILES string of the molecule is CC(=O)Nc1ccc(F)c(NC(=O)C(C)(C)CN)c1. The van der Waals surface area contributed by atoms with Crippen molar-refractivity contribution in [2.75, 3.05) is 17.2 Å². The largest absolute Gasteiger partial charge is 0.329 e. The highest BCUT2D eigenvalue weighted by Gasteiger charge is 2.26. The van der Waals surface area contributed by atoms with Crippen LogP contribution in [0.1, 0.15) is 20.8 Å². The minimum absolute atomic E-state index is 0.0118. The number of benzene rings is 1. The van der Waals surface area contributed by atoms with E-state index in [1.165, 1.54) is 25.1 Å². The van der Waals surface area contributed by atoms with E-state index in [-0.39, 0.29) is 24.0 Å². The summed E-state index contributed by atoms with van der Waals surface area (Å²) in [5.41, 5.74) is 5.11. The van der Waals surface area contributed by atoms with Crippen LogP contribution < -0.4 is 16.4 Å². The first kappa shape index (κ1) is 15.1. The van der Waals surface area contributed by atoms with Crippen LogP contribution in [0.2, 0.25) is 0 Å². The lowest BCUT2D eigenvalue weighted by Crippen LogP contribution is -2.37. The van der Waals surface area contributed by atoms with Crippen molar-refractivity contribution in [3.05, 3.63) is 24.0 Å². The zero-order valence-electron chi connectivity index (χ0n) is 11.2. The fraction of sp³-hybridized carbons (Fsp3) is 0.385. The summed E-state index contributed by atoms with van der Waals surface area (Å²) < 4.78 is 13.6. The summed E-state index contributed by atoms with van der Waals surface area (Å²) in [7, 11) is 0. The van der Waals surface area contributed by atoms with E-state index >= 15 is 0 Å². The Kier molecular flexibility index (Phi) is 4.61. The van der Waals surface area contributed by atoms with Gasteiger partial charge in [-0.1, -0.05) is 0 Å². The Bertz CT molecular complexity index is 501. The lowest BCUT2D eigenvalue weighted by Gasteiger charge is -2.21. The average molecular weight is 267 g/mol. The third-order valence-electron chi connectivity index (χ3n) is 2.66. The van der Waals surface area contributed by atoms with Gasteiger partial charge in [-0.2, -0.15) is 0 Å². The maximum absolute atomic E-state index is 13.6. The number of amides is 2. The summed E-state index contributed by atoms with van der Waals surface area (Å²) in [5.74, 6) is -1.23. The van der Waals surface area contributed by atoms with E-state index in [2.05, 4.69) is 10.6 Å². The number of halogens is 1. The fourth-order valence-electron chi connectivity index (χ4n) is 1.29. The quantitative estimate of drug-likeness (QED) is 0.776. The van der Waals surface area contributed by atoms with Crippen molar-refractivity contribution in [3.63, 3.8) is 0 Å². The van der Waals surface area contributed by atoms with Crippen LogP contribution in [0.15, 0.2) is 18.2 Å². The molecule has 0 heterocycles. The highest BCUT2D eigenvalue weighted by molar-refractivity contribution is 5.96. The van der Waals surface area contributed by atoms with E-state index in [4.69, 9.17) is 5.73 Å². The van der Waals surface area contributed by atoms with Gasteiger partial charge in [0.1, 0.15) is 5.82 Å². The Balaban J connectivity index is 2.94. The molecule has 0 bridgehead atoms. The highest BCUT2D eigenvalue weighted by Crippen LogP contribution is 2.22. The molecule has 1 rings (SSSR count). The maximum Gasteiger partial charge on any atom is 0.231 e. The molecule has 0 radical (unpaired) electrons. The third kappa shape index (κ3) is 4.03. The van der Waals surface area contributed by atoms with Crippen molar-refractivity contribution in [1.82, 2.24) is 0 Å². The van der Waals surface area contributed by atoms with Gasteiger partial charge in [0.2, 0.25) is 11.8 Å². The van der Waals surface area contributed by atoms with Crippen LogP contribution in [-0.4, -0.2) is 18.4 Å². The molecule has 0 saturated carbocycles. The van der Waals surface area contributed by atoms with E-state index in [1.54, 1.807) is 13.8 Å². The number of nitrogens with one attached hydrogen (secondary N) is 2. The summed E-state index contributed by atoms with van der Waals surface area (Å²) in [4.78, 5) is 22.8. The van der Waals surface area contributed by atoms with Crippen LogP contribution >= 0.6 is 0 Å². The van der Waals surface area contributed by atoms with E-state index < -0.39 is 11.2 Å². The number of carbonyl (C=O) groups is 2. The first-order valence-corrected chi connectivity index (χ1v) is 5.85. The van der Waals surface area contributed by atoms with Crippen molar-refractivity contribution in [3.8, 4) is 0 Å². The molecule has 4 N–H and O–H groups in total. The van der Waals surface area contributed by atoms with Crippen LogP contribution in [-0.2, 0) is 9.59 Å². The predicted molar refractivity (Wildman–Crippen MR) is 72.2 cm³/mol. The molecule has 2 amide bonds. The van der Waals surface area contributed by atoms with Gasteiger partial charge >= 0.3 is 0 Å². The minimum Gasteiger partial charge on any atom is -0.329 e.